The first kappa shape index (κ1) is 24.6. The van der Waals surface area contributed by atoms with Gasteiger partial charge in [0, 0.05) is 18.8 Å². The standard InChI is InChI=1S/C24H32N2O7/c1-17(2)30-10-9-29-15-20(27)13-26(3)24(28)25-19-6-4-5-18(11-19)14-31-21-7-8-22-23(12-21)33-16-32-22/h4-8,11-12,17,20,27H,9-10,13-16H2,1-3H3,(H,25,28). The predicted molar refractivity (Wildman–Crippen MR) is 123 cm³/mol. The first-order valence-corrected chi connectivity index (χ1v) is 10.9. The molecule has 2 amide bonds. The van der Waals surface area contributed by atoms with Gasteiger partial charge in [-0.1, -0.05) is 12.1 Å². The number of nitrogens with one attached hydrogen (secondary N) is 1. The highest BCUT2D eigenvalue weighted by atomic mass is 16.7. The minimum absolute atomic E-state index is 0.131. The van der Waals surface area contributed by atoms with Gasteiger partial charge in [0.1, 0.15) is 12.4 Å². The molecule has 2 N–H and O–H groups in total. The molecule has 0 radical (unpaired) electrons. The van der Waals surface area contributed by atoms with E-state index >= 15 is 0 Å². The minimum atomic E-state index is -0.791. The molecule has 2 aromatic rings. The van der Waals surface area contributed by atoms with Crippen LogP contribution < -0.4 is 19.5 Å². The maximum atomic E-state index is 12.5. The van der Waals surface area contributed by atoms with Gasteiger partial charge in [0.25, 0.3) is 0 Å². The van der Waals surface area contributed by atoms with Crippen molar-refractivity contribution in [1.82, 2.24) is 4.90 Å². The lowest BCUT2D eigenvalue weighted by Gasteiger charge is -2.21. The third-order valence-corrected chi connectivity index (χ3v) is 4.75. The summed E-state index contributed by atoms with van der Waals surface area (Å²) in [7, 11) is 1.62. The van der Waals surface area contributed by atoms with Crippen LogP contribution in [0.4, 0.5) is 10.5 Å². The summed E-state index contributed by atoms with van der Waals surface area (Å²) in [4.78, 5) is 13.9. The molecule has 180 valence electrons. The summed E-state index contributed by atoms with van der Waals surface area (Å²) >= 11 is 0. The van der Waals surface area contributed by atoms with Gasteiger partial charge in [-0.2, -0.15) is 0 Å². The van der Waals surface area contributed by atoms with Crippen LogP contribution in [0.15, 0.2) is 42.5 Å². The third-order valence-electron chi connectivity index (χ3n) is 4.75. The van der Waals surface area contributed by atoms with E-state index in [2.05, 4.69) is 5.32 Å². The third kappa shape index (κ3) is 8.12. The van der Waals surface area contributed by atoms with Crippen molar-refractivity contribution in [2.45, 2.75) is 32.7 Å². The second-order valence-electron chi connectivity index (χ2n) is 7.96. The van der Waals surface area contributed by atoms with E-state index in [0.29, 0.717) is 42.8 Å². The van der Waals surface area contributed by atoms with Crippen LogP contribution in [0.1, 0.15) is 19.4 Å². The second kappa shape index (κ2) is 12.3. The molecular formula is C24H32N2O7. The fourth-order valence-corrected chi connectivity index (χ4v) is 3.10. The maximum Gasteiger partial charge on any atom is 0.321 e. The Labute approximate surface area is 194 Å². The topological polar surface area (TPSA) is 98.7 Å². The van der Waals surface area contributed by atoms with Gasteiger partial charge < -0.3 is 39.0 Å². The van der Waals surface area contributed by atoms with Crippen LogP contribution in [0.5, 0.6) is 17.2 Å². The number of hydrogen-bond acceptors (Lipinski definition) is 7. The van der Waals surface area contributed by atoms with Crippen LogP contribution in [0.25, 0.3) is 0 Å². The molecule has 2 aromatic carbocycles. The van der Waals surface area contributed by atoms with Crippen molar-refractivity contribution < 1.29 is 33.6 Å². The van der Waals surface area contributed by atoms with E-state index in [9.17, 15) is 9.90 Å². The number of rotatable bonds is 12. The first-order valence-electron chi connectivity index (χ1n) is 10.9. The number of ether oxygens (including phenoxy) is 5. The Hall–Kier alpha value is -3.01. The number of fused-ring (bicyclic) bond motifs is 1. The Kier molecular flexibility index (Phi) is 9.17. The molecule has 0 saturated heterocycles. The van der Waals surface area contributed by atoms with Crippen LogP contribution in [0.3, 0.4) is 0 Å². The van der Waals surface area contributed by atoms with Crippen LogP contribution in [-0.2, 0) is 16.1 Å². The highest BCUT2D eigenvalue weighted by Crippen LogP contribution is 2.35. The summed E-state index contributed by atoms with van der Waals surface area (Å²) in [6.45, 7) is 5.58. The van der Waals surface area contributed by atoms with E-state index in [1.165, 1.54) is 4.90 Å². The van der Waals surface area contributed by atoms with Crippen molar-refractivity contribution in [1.29, 1.82) is 0 Å². The molecule has 9 nitrogen and oxygen atoms in total. The Morgan fingerprint density at radius 3 is 2.79 bits per heavy atom. The lowest BCUT2D eigenvalue weighted by atomic mass is 10.2. The van der Waals surface area contributed by atoms with Crippen molar-refractivity contribution in [2.24, 2.45) is 0 Å². The van der Waals surface area contributed by atoms with Gasteiger partial charge in [-0.3, -0.25) is 0 Å². The van der Waals surface area contributed by atoms with Crippen LogP contribution >= 0.6 is 0 Å². The lowest BCUT2D eigenvalue weighted by Crippen LogP contribution is -2.39. The van der Waals surface area contributed by atoms with E-state index in [1.54, 1.807) is 19.2 Å². The van der Waals surface area contributed by atoms with E-state index in [1.807, 2.05) is 44.2 Å². The number of amides is 2. The quantitative estimate of drug-likeness (QED) is 0.469. The normalized spacial score (nSPS) is 13.1. The summed E-state index contributed by atoms with van der Waals surface area (Å²) in [5.74, 6) is 2.03. The Bertz CT molecular complexity index is 906. The van der Waals surface area contributed by atoms with Crippen LogP contribution in [0.2, 0.25) is 0 Å². The smallest absolute Gasteiger partial charge is 0.321 e. The van der Waals surface area contributed by atoms with Gasteiger partial charge in [0.2, 0.25) is 6.79 Å². The van der Waals surface area contributed by atoms with Crippen LogP contribution in [0, 0.1) is 0 Å². The zero-order chi connectivity index (χ0) is 23.6. The molecule has 1 aliphatic heterocycles. The number of likely N-dealkylation sites (N-methyl/N-ethyl adjacent to an activating group) is 1. The number of anilines is 1. The van der Waals surface area contributed by atoms with Crippen molar-refractivity contribution in [3.05, 3.63) is 48.0 Å². The second-order valence-corrected chi connectivity index (χ2v) is 7.96. The molecule has 0 aromatic heterocycles. The molecule has 0 fully saturated rings. The maximum absolute atomic E-state index is 12.5. The van der Waals surface area contributed by atoms with Gasteiger partial charge in [0.15, 0.2) is 11.5 Å². The molecule has 33 heavy (non-hydrogen) atoms. The highest BCUT2D eigenvalue weighted by Gasteiger charge is 2.15. The fraction of sp³-hybridized carbons (Fsp3) is 0.458. The monoisotopic (exact) mass is 460 g/mol. The number of urea groups is 1. The number of nitrogens with zero attached hydrogens (tertiary/aromatic N) is 1. The average Bonchev–Trinajstić information content (AvgIpc) is 3.25. The molecule has 1 aliphatic rings. The summed E-state index contributed by atoms with van der Waals surface area (Å²) < 4.78 is 27.3. The lowest BCUT2D eigenvalue weighted by molar-refractivity contribution is -0.0144. The molecule has 0 saturated carbocycles. The zero-order valence-corrected chi connectivity index (χ0v) is 19.3. The predicted octanol–water partition coefficient (Wildman–Crippen LogP) is 3.26. The summed E-state index contributed by atoms with van der Waals surface area (Å²) in [6, 6.07) is 12.5. The highest BCUT2D eigenvalue weighted by molar-refractivity contribution is 5.89. The Morgan fingerprint density at radius 2 is 1.97 bits per heavy atom. The molecular weight excluding hydrogens is 428 g/mol. The number of aliphatic hydroxyl groups excluding tert-OH is 1. The molecule has 1 heterocycles. The van der Waals surface area contributed by atoms with Crippen molar-refractivity contribution >= 4 is 11.7 Å². The van der Waals surface area contributed by atoms with Gasteiger partial charge in [-0.15, -0.1) is 0 Å². The number of aliphatic hydroxyl groups is 1. The number of hydrogen-bond donors (Lipinski definition) is 2. The Morgan fingerprint density at radius 1 is 1.15 bits per heavy atom. The average molecular weight is 461 g/mol. The largest absolute Gasteiger partial charge is 0.489 e. The van der Waals surface area contributed by atoms with Crippen molar-refractivity contribution in [2.75, 3.05) is 45.5 Å². The molecule has 0 bridgehead atoms. The van der Waals surface area contributed by atoms with E-state index < -0.39 is 6.10 Å². The van der Waals surface area contributed by atoms with Gasteiger partial charge in [-0.25, -0.2) is 4.79 Å². The number of carbonyl (C=O) groups excluding carboxylic acids is 1. The number of carbonyl (C=O) groups is 1. The van der Waals surface area contributed by atoms with Crippen LogP contribution in [-0.4, -0.2) is 68.5 Å². The fourth-order valence-electron chi connectivity index (χ4n) is 3.10. The molecule has 0 spiro atoms. The summed E-state index contributed by atoms with van der Waals surface area (Å²) in [5, 5.41) is 12.9. The van der Waals surface area contributed by atoms with E-state index in [0.717, 1.165) is 5.56 Å². The first-order chi connectivity index (χ1) is 15.9. The Balaban J connectivity index is 1.41. The molecule has 1 atom stereocenters. The molecule has 9 heteroatoms. The van der Waals surface area contributed by atoms with Gasteiger partial charge in [0.05, 0.1) is 38.6 Å². The molecule has 1 unspecified atom stereocenters. The van der Waals surface area contributed by atoms with Gasteiger partial charge >= 0.3 is 6.03 Å². The number of benzene rings is 2. The molecule has 3 rings (SSSR count). The zero-order valence-electron chi connectivity index (χ0n) is 19.3. The van der Waals surface area contributed by atoms with Crippen molar-refractivity contribution in [3.8, 4) is 17.2 Å². The minimum Gasteiger partial charge on any atom is -0.489 e. The van der Waals surface area contributed by atoms with E-state index in [-0.39, 0.29) is 32.1 Å². The summed E-state index contributed by atoms with van der Waals surface area (Å²) in [6.07, 6.45) is -0.650. The molecule has 0 aliphatic carbocycles. The van der Waals surface area contributed by atoms with E-state index in [4.69, 9.17) is 23.7 Å². The van der Waals surface area contributed by atoms with Crippen molar-refractivity contribution in [3.63, 3.8) is 0 Å². The SMILES string of the molecule is CC(C)OCCOCC(O)CN(C)C(=O)Nc1cccc(COc2ccc3c(c2)OCO3)c1. The van der Waals surface area contributed by atoms with Gasteiger partial charge in [-0.05, 0) is 43.7 Å². The summed E-state index contributed by atoms with van der Waals surface area (Å²) in [5.41, 5.74) is 1.53.